The van der Waals surface area contributed by atoms with E-state index in [1.54, 1.807) is 11.3 Å². The number of fused-ring (bicyclic) bond motifs is 1. The van der Waals surface area contributed by atoms with Gasteiger partial charge in [-0.3, -0.25) is 4.79 Å². The summed E-state index contributed by atoms with van der Waals surface area (Å²) in [4.78, 5) is 20.4. The van der Waals surface area contributed by atoms with Crippen LogP contribution in [0.25, 0.3) is 10.2 Å². The fourth-order valence-electron chi connectivity index (χ4n) is 4.60. The van der Waals surface area contributed by atoms with E-state index < -0.39 is 0 Å². The summed E-state index contributed by atoms with van der Waals surface area (Å²) in [5.74, 6) is 1.53. The Balaban J connectivity index is 0.00000128. The number of carbonyl (C=O) groups excluding carboxylic acids is 1. The Hall–Kier alpha value is -1.14. The third-order valence-corrected chi connectivity index (χ3v) is 7.74. The fraction of sp³-hybridized carbons (Fsp3) is 0.565. The van der Waals surface area contributed by atoms with Crippen molar-refractivity contribution in [3.05, 3.63) is 41.4 Å². The second-order valence-electron chi connectivity index (χ2n) is 8.63. The Morgan fingerprint density at radius 1 is 1.07 bits per heavy atom. The van der Waals surface area contributed by atoms with Crippen LogP contribution in [0.15, 0.2) is 36.4 Å². The lowest BCUT2D eigenvalue weighted by Crippen LogP contribution is -2.48. The van der Waals surface area contributed by atoms with E-state index in [0.717, 1.165) is 55.2 Å². The van der Waals surface area contributed by atoms with Gasteiger partial charge >= 0.3 is 0 Å². The Kier molecular flexibility index (Phi) is 8.19. The van der Waals surface area contributed by atoms with Gasteiger partial charge in [-0.15, -0.1) is 36.2 Å². The third kappa shape index (κ3) is 5.18. The molecule has 2 aliphatic carbocycles. The molecule has 30 heavy (non-hydrogen) atoms. The number of benzene rings is 1. The average molecular weight is 468 g/mol. The van der Waals surface area contributed by atoms with Gasteiger partial charge in [-0.1, -0.05) is 24.3 Å². The van der Waals surface area contributed by atoms with Crippen LogP contribution in [0.2, 0.25) is 0 Å². The third-order valence-electron chi connectivity index (χ3n) is 6.58. The van der Waals surface area contributed by atoms with Crippen molar-refractivity contribution >= 4 is 52.3 Å². The molecule has 1 amide bonds. The van der Waals surface area contributed by atoms with Crippen molar-refractivity contribution in [2.45, 2.75) is 50.5 Å². The van der Waals surface area contributed by atoms with E-state index in [4.69, 9.17) is 4.98 Å². The van der Waals surface area contributed by atoms with E-state index >= 15 is 0 Å². The van der Waals surface area contributed by atoms with Crippen molar-refractivity contribution in [1.82, 2.24) is 15.2 Å². The molecule has 164 valence electrons. The number of likely N-dealkylation sites (tertiary alicyclic amines) is 1. The minimum atomic E-state index is 0. The highest BCUT2D eigenvalue weighted by Crippen LogP contribution is 2.39. The van der Waals surface area contributed by atoms with Crippen LogP contribution in [0.5, 0.6) is 0 Å². The van der Waals surface area contributed by atoms with Crippen LogP contribution in [-0.2, 0) is 4.79 Å². The predicted molar refractivity (Wildman–Crippen MR) is 129 cm³/mol. The second kappa shape index (κ2) is 10.4. The smallest absolute Gasteiger partial charge is 0.226 e. The van der Waals surface area contributed by atoms with Crippen LogP contribution in [0.3, 0.4) is 0 Å². The SMILES string of the molecule is Cl.Cl.O=C(C1CC=CCC1c1nc2ccccc2s1)N1CCC(NCC2CC2)CC1. The van der Waals surface area contributed by atoms with Crippen LogP contribution in [-0.4, -0.2) is 41.5 Å². The zero-order valence-electron chi connectivity index (χ0n) is 17.2. The van der Waals surface area contributed by atoms with Crippen LogP contribution >= 0.6 is 36.2 Å². The maximum Gasteiger partial charge on any atom is 0.226 e. The van der Waals surface area contributed by atoms with Gasteiger partial charge in [0.05, 0.1) is 21.1 Å². The number of hydrogen-bond acceptors (Lipinski definition) is 4. The van der Waals surface area contributed by atoms with Gasteiger partial charge in [-0.25, -0.2) is 4.98 Å². The second-order valence-corrected chi connectivity index (χ2v) is 9.69. The highest BCUT2D eigenvalue weighted by Gasteiger charge is 2.36. The summed E-state index contributed by atoms with van der Waals surface area (Å²) in [7, 11) is 0. The zero-order valence-corrected chi connectivity index (χ0v) is 19.6. The zero-order chi connectivity index (χ0) is 18.9. The van der Waals surface area contributed by atoms with E-state index in [9.17, 15) is 4.79 Å². The number of carbonyl (C=O) groups is 1. The maximum atomic E-state index is 13.4. The van der Waals surface area contributed by atoms with Crippen LogP contribution in [0, 0.1) is 11.8 Å². The number of allylic oxidation sites excluding steroid dienone is 2. The molecule has 1 N–H and O–H groups in total. The van der Waals surface area contributed by atoms with Crippen LogP contribution in [0.1, 0.15) is 49.5 Å². The molecule has 2 heterocycles. The summed E-state index contributed by atoms with van der Waals surface area (Å²) in [5.41, 5.74) is 1.06. The summed E-state index contributed by atoms with van der Waals surface area (Å²) in [6, 6.07) is 8.90. The van der Waals surface area contributed by atoms with Gasteiger partial charge in [0, 0.05) is 25.0 Å². The van der Waals surface area contributed by atoms with Gasteiger partial charge in [-0.2, -0.15) is 0 Å². The highest BCUT2D eigenvalue weighted by atomic mass is 35.5. The molecule has 0 bridgehead atoms. The quantitative estimate of drug-likeness (QED) is 0.615. The lowest BCUT2D eigenvalue weighted by Gasteiger charge is -2.37. The summed E-state index contributed by atoms with van der Waals surface area (Å²) < 4.78 is 1.22. The molecular formula is C23H31Cl2N3OS. The number of nitrogens with zero attached hydrogens (tertiary/aromatic N) is 2. The molecule has 2 atom stereocenters. The molecule has 0 spiro atoms. The minimum Gasteiger partial charge on any atom is -0.342 e. The molecule has 1 aliphatic heterocycles. The summed E-state index contributed by atoms with van der Waals surface area (Å²) in [6.07, 6.45) is 11.2. The van der Waals surface area contributed by atoms with Gasteiger partial charge in [0.25, 0.3) is 0 Å². The molecule has 2 unspecified atom stereocenters. The van der Waals surface area contributed by atoms with Gasteiger partial charge in [0.2, 0.25) is 5.91 Å². The van der Waals surface area contributed by atoms with Crippen LogP contribution in [0.4, 0.5) is 0 Å². The molecule has 1 saturated heterocycles. The first-order chi connectivity index (χ1) is 13.8. The first-order valence-corrected chi connectivity index (χ1v) is 11.6. The number of nitrogens with one attached hydrogen (secondary N) is 1. The number of rotatable bonds is 5. The van der Waals surface area contributed by atoms with Crippen molar-refractivity contribution in [3.63, 3.8) is 0 Å². The molecule has 5 rings (SSSR count). The Morgan fingerprint density at radius 2 is 1.80 bits per heavy atom. The molecule has 1 aromatic heterocycles. The highest BCUT2D eigenvalue weighted by molar-refractivity contribution is 7.18. The standard InChI is InChI=1S/C23H29N3OS.2ClH/c27-23(26-13-11-17(12-14-26)24-15-16-9-10-16)19-6-2-1-5-18(19)22-25-20-7-3-4-8-21(20)28-22;;/h1-4,7-8,16-19,24H,5-6,9-15H2;2*1H. The molecular weight excluding hydrogens is 437 g/mol. The van der Waals surface area contributed by atoms with E-state index in [0.29, 0.717) is 11.9 Å². The summed E-state index contributed by atoms with van der Waals surface area (Å²) in [6.45, 7) is 2.97. The van der Waals surface area contributed by atoms with Crippen molar-refractivity contribution in [2.75, 3.05) is 19.6 Å². The molecule has 4 nitrogen and oxygen atoms in total. The number of thiazole rings is 1. The van der Waals surface area contributed by atoms with E-state index in [1.807, 2.05) is 6.07 Å². The molecule has 1 aromatic carbocycles. The Labute approximate surface area is 195 Å². The molecule has 3 aliphatic rings. The number of piperidine rings is 1. The van der Waals surface area contributed by atoms with Gasteiger partial charge in [0.15, 0.2) is 0 Å². The van der Waals surface area contributed by atoms with E-state index in [-0.39, 0.29) is 36.6 Å². The van der Waals surface area contributed by atoms with Crippen molar-refractivity contribution in [1.29, 1.82) is 0 Å². The number of amides is 1. The Bertz CT molecular complexity index is 841. The lowest BCUT2D eigenvalue weighted by atomic mass is 9.82. The first kappa shape index (κ1) is 23.5. The maximum absolute atomic E-state index is 13.4. The lowest BCUT2D eigenvalue weighted by molar-refractivity contribution is -0.137. The topological polar surface area (TPSA) is 45.2 Å². The average Bonchev–Trinajstić information content (AvgIpc) is 3.48. The number of para-hydroxylation sites is 1. The number of halogens is 2. The van der Waals surface area contributed by atoms with Gasteiger partial charge in [0.1, 0.15) is 0 Å². The molecule has 2 fully saturated rings. The number of hydrogen-bond donors (Lipinski definition) is 1. The molecule has 1 saturated carbocycles. The van der Waals surface area contributed by atoms with Crippen LogP contribution < -0.4 is 5.32 Å². The van der Waals surface area contributed by atoms with Gasteiger partial charge in [-0.05, 0) is 63.1 Å². The van der Waals surface area contributed by atoms with Crippen molar-refractivity contribution < 1.29 is 4.79 Å². The van der Waals surface area contributed by atoms with Gasteiger partial charge < -0.3 is 10.2 Å². The predicted octanol–water partition coefficient (Wildman–Crippen LogP) is 5.18. The van der Waals surface area contributed by atoms with Crippen molar-refractivity contribution in [3.8, 4) is 0 Å². The Morgan fingerprint density at radius 3 is 2.53 bits per heavy atom. The normalized spacial score (nSPS) is 24.3. The minimum absolute atomic E-state index is 0. The molecule has 7 heteroatoms. The molecule has 2 aromatic rings. The number of aromatic nitrogens is 1. The largest absolute Gasteiger partial charge is 0.342 e. The summed E-state index contributed by atoms with van der Waals surface area (Å²) in [5, 5.41) is 4.84. The van der Waals surface area contributed by atoms with E-state index in [2.05, 4.69) is 40.6 Å². The fourth-order valence-corrected chi connectivity index (χ4v) is 5.75. The monoisotopic (exact) mass is 467 g/mol. The van der Waals surface area contributed by atoms with Crippen molar-refractivity contribution in [2.24, 2.45) is 11.8 Å². The molecule has 0 radical (unpaired) electrons. The summed E-state index contributed by atoms with van der Waals surface area (Å²) >= 11 is 1.76. The van der Waals surface area contributed by atoms with E-state index in [1.165, 1.54) is 24.1 Å². The first-order valence-electron chi connectivity index (χ1n) is 10.8.